The number of rotatable bonds is 5. The Labute approximate surface area is 108 Å². The van der Waals surface area contributed by atoms with Gasteiger partial charge in [-0.2, -0.15) is 0 Å². The topological polar surface area (TPSA) is 24.5 Å². The van der Waals surface area contributed by atoms with Crippen LogP contribution >= 0.6 is 0 Å². The van der Waals surface area contributed by atoms with Gasteiger partial charge in [-0.25, -0.2) is 4.39 Å². The first-order chi connectivity index (χ1) is 8.75. The molecule has 0 bridgehead atoms. The van der Waals surface area contributed by atoms with E-state index in [0.717, 1.165) is 45.0 Å². The van der Waals surface area contributed by atoms with Crippen LogP contribution in [0.5, 0.6) is 0 Å². The number of benzene rings is 1. The summed E-state index contributed by atoms with van der Waals surface area (Å²) in [5.74, 6) is -0.181. The van der Waals surface area contributed by atoms with Crippen LogP contribution in [0, 0.1) is 5.82 Å². The van der Waals surface area contributed by atoms with Gasteiger partial charge in [-0.3, -0.25) is 4.90 Å². The Morgan fingerprint density at radius 1 is 1.28 bits per heavy atom. The number of nitrogens with zero attached hydrogens (tertiary/aromatic N) is 1. The van der Waals surface area contributed by atoms with E-state index in [1.807, 2.05) is 12.1 Å². The highest BCUT2D eigenvalue weighted by molar-refractivity contribution is 5.19. The van der Waals surface area contributed by atoms with Crippen LogP contribution in [-0.2, 0) is 4.74 Å². The SMILES string of the molecule is C[C@@H](NCCN1CCOCC1)c1ccc(F)cc1. The predicted octanol–water partition coefficient (Wildman–Crippen LogP) is 1.81. The van der Waals surface area contributed by atoms with Gasteiger partial charge in [0, 0.05) is 32.2 Å². The first kappa shape index (κ1) is 13.5. The molecule has 4 heteroatoms. The standard InChI is InChI=1S/C14H21FN2O/c1-12(13-2-4-14(15)5-3-13)16-6-7-17-8-10-18-11-9-17/h2-5,12,16H,6-11H2,1H3/t12-/m1/s1. The van der Waals surface area contributed by atoms with Gasteiger partial charge in [-0.05, 0) is 24.6 Å². The number of nitrogens with one attached hydrogen (secondary N) is 1. The van der Waals surface area contributed by atoms with E-state index in [4.69, 9.17) is 4.74 Å². The van der Waals surface area contributed by atoms with Crippen LogP contribution in [0.1, 0.15) is 18.5 Å². The maximum Gasteiger partial charge on any atom is 0.123 e. The van der Waals surface area contributed by atoms with Gasteiger partial charge in [0.2, 0.25) is 0 Å². The molecule has 0 radical (unpaired) electrons. The van der Waals surface area contributed by atoms with Gasteiger partial charge >= 0.3 is 0 Å². The molecule has 100 valence electrons. The second-order valence-electron chi connectivity index (χ2n) is 4.68. The van der Waals surface area contributed by atoms with E-state index in [1.54, 1.807) is 0 Å². The zero-order valence-electron chi connectivity index (χ0n) is 10.9. The zero-order valence-corrected chi connectivity index (χ0v) is 10.9. The monoisotopic (exact) mass is 252 g/mol. The fourth-order valence-electron chi connectivity index (χ4n) is 2.13. The average Bonchev–Trinajstić information content (AvgIpc) is 2.40. The third-order valence-electron chi connectivity index (χ3n) is 3.35. The molecule has 1 heterocycles. The number of halogens is 1. The van der Waals surface area contributed by atoms with E-state index in [1.165, 1.54) is 12.1 Å². The Balaban J connectivity index is 1.70. The summed E-state index contributed by atoms with van der Waals surface area (Å²) in [6, 6.07) is 6.95. The zero-order chi connectivity index (χ0) is 12.8. The summed E-state index contributed by atoms with van der Waals surface area (Å²) < 4.78 is 18.1. The molecular weight excluding hydrogens is 231 g/mol. The lowest BCUT2D eigenvalue weighted by molar-refractivity contribution is 0.0382. The summed E-state index contributed by atoms with van der Waals surface area (Å²) in [4.78, 5) is 2.40. The van der Waals surface area contributed by atoms with Crippen molar-refractivity contribution in [2.75, 3.05) is 39.4 Å². The van der Waals surface area contributed by atoms with Crippen LogP contribution in [0.4, 0.5) is 4.39 Å². The molecule has 3 nitrogen and oxygen atoms in total. The summed E-state index contributed by atoms with van der Waals surface area (Å²) in [5.41, 5.74) is 1.12. The summed E-state index contributed by atoms with van der Waals surface area (Å²) in [6.45, 7) is 7.81. The quantitative estimate of drug-likeness (QED) is 0.865. The first-order valence-electron chi connectivity index (χ1n) is 6.54. The van der Waals surface area contributed by atoms with Crippen molar-refractivity contribution in [1.29, 1.82) is 0 Å². The molecule has 0 aromatic heterocycles. The molecule has 18 heavy (non-hydrogen) atoms. The molecule has 1 atom stereocenters. The Morgan fingerprint density at radius 3 is 2.61 bits per heavy atom. The molecule has 0 spiro atoms. The van der Waals surface area contributed by atoms with Gasteiger partial charge in [0.25, 0.3) is 0 Å². The third kappa shape index (κ3) is 4.05. The Hall–Kier alpha value is -0.970. The van der Waals surface area contributed by atoms with Gasteiger partial charge < -0.3 is 10.1 Å². The summed E-state index contributed by atoms with van der Waals surface area (Å²) in [6.07, 6.45) is 0. The summed E-state index contributed by atoms with van der Waals surface area (Å²) in [7, 11) is 0. The van der Waals surface area contributed by atoms with E-state index in [9.17, 15) is 4.39 Å². The fraction of sp³-hybridized carbons (Fsp3) is 0.571. The van der Waals surface area contributed by atoms with Crippen LogP contribution in [-0.4, -0.2) is 44.3 Å². The van der Waals surface area contributed by atoms with Gasteiger partial charge in [0.05, 0.1) is 13.2 Å². The normalized spacial score (nSPS) is 18.8. The highest BCUT2D eigenvalue weighted by Crippen LogP contribution is 2.12. The van der Waals surface area contributed by atoms with Gasteiger partial charge in [0.15, 0.2) is 0 Å². The van der Waals surface area contributed by atoms with Crippen molar-refractivity contribution in [2.24, 2.45) is 0 Å². The molecule has 0 unspecified atom stereocenters. The third-order valence-corrected chi connectivity index (χ3v) is 3.35. The average molecular weight is 252 g/mol. The lowest BCUT2D eigenvalue weighted by atomic mass is 10.1. The van der Waals surface area contributed by atoms with Crippen molar-refractivity contribution >= 4 is 0 Å². The van der Waals surface area contributed by atoms with E-state index in [0.29, 0.717) is 0 Å². The van der Waals surface area contributed by atoms with E-state index in [-0.39, 0.29) is 11.9 Å². The Morgan fingerprint density at radius 2 is 1.94 bits per heavy atom. The molecule has 1 aliphatic heterocycles. The number of hydrogen-bond donors (Lipinski definition) is 1. The highest BCUT2D eigenvalue weighted by Gasteiger charge is 2.10. The largest absolute Gasteiger partial charge is 0.379 e. The molecule has 0 saturated carbocycles. The highest BCUT2D eigenvalue weighted by atomic mass is 19.1. The minimum Gasteiger partial charge on any atom is -0.379 e. The van der Waals surface area contributed by atoms with Crippen LogP contribution < -0.4 is 5.32 Å². The lowest BCUT2D eigenvalue weighted by Gasteiger charge is -2.27. The molecule has 1 fully saturated rings. The minimum absolute atomic E-state index is 0.181. The molecule has 1 saturated heterocycles. The van der Waals surface area contributed by atoms with Crippen molar-refractivity contribution in [3.8, 4) is 0 Å². The lowest BCUT2D eigenvalue weighted by Crippen LogP contribution is -2.40. The second-order valence-corrected chi connectivity index (χ2v) is 4.68. The second kappa shape index (κ2) is 6.83. The van der Waals surface area contributed by atoms with Crippen LogP contribution in [0.25, 0.3) is 0 Å². The predicted molar refractivity (Wildman–Crippen MR) is 70.1 cm³/mol. The van der Waals surface area contributed by atoms with Crippen molar-refractivity contribution in [3.05, 3.63) is 35.6 Å². The van der Waals surface area contributed by atoms with Crippen molar-refractivity contribution < 1.29 is 9.13 Å². The maximum absolute atomic E-state index is 12.8. The van der Waals surface area contributed by atoms with Crippen LogP contribution in [0.3, 0.4) is 0 Å². The molecule has 0 amide bonds. The van der Waals surface area contributed by atoms with Crippen molar-refractivity contribution in [3.63, 3.8) is 0 Å². The van der Waals surface area contributed by atoms with Crippen molar-refractivity contribution in [2.45, 2.75) is 13.0 Å². The molecule has 2 rings (SSSR count). The number of morpholine rings is 1. The summed E-state index contributed by atoms with van der Waals surface area (Å²) in [5, 5.41) is 3.46. The number of hydrogen-bond acceptors (Lipinski definition) is 3. The fourth-order valence-corrected chi connectivity index (χ4v) is 2.13. The van der Waals surface area contributed by atoms with E-state index < -0.39 is 0 Å². The Bertz CT molecular complexity index is 349. The molecule has 0 aliphatic carbocycles. The van der Waals surface area contributed by atoms with Crippen molar-refractivity contribution in [1.82, 2.24) is 10.2 Å². The number of ether oxygens (including phenoxy) is 1. The smallest absolute Gasteiger partial charge is 0.123 e. The van der Waals surface area contributed by atoms with Gasteiger partial charge in [-0.15, -0.1) is 0 Å². The van der Waals surface area contributed by atoms with Gasteiger partial charge in [-0.1, -0.05) is 12.1 Å². The molecule has 1 aromatic rings. The summed E-state index contributed by atoms with van der Waals surface area (Å²) >= 11 is 0. The van der Waals surface area contributed by atoms with Gasteiger partial charge in [0.1, 0.15) is 5.82 Å². The van der Waals surface area contributed by atoms with Crippen LogP contribution in [0.15, 0.2) is 24.3 Å². The molecular formula is C14H21FN2O. The minimum atomic E-state index is -0.181. The molecule has 1 N–H and O–H groups in total. The Kier molecular flexibility index (Phi) is 5.11. The maximum atomic E-state index is 12.8. The molecule has 1 aromatic carbocycles. The van der Waals surface area contributed by atoms with E-state index in [2.05, 4.69) is 17.1 Å². The van der Waals surface area contributed by atoms with E-state index >= 15 is 0 Å². The molecule has 1 aliphatic rings. The first-order valence-corrected chi connectivity index (χ1v) is 6.54. The van der Waals surface area contributed by atoms with Crippen LogP contribution in [0.2, 0.25) is 0 Å².